The molecule has 3 aromatic heterocycles. The van der Waals surface area contributed by atoms with Crippen molar-refractivity contribution in [2.24, 2.45) is 5.41 Å². The monoisotopic (exact) mass is 671 g/mol. The number of aryl methyl sites for hydroxylation is 1. The molecule has 12 heteroatoms. The Kier molecular flexibility index (Phi) is 12.4. The highest BCUT2D eigenvalue weighted by atomic mass is 35.5. The molecule has 0 atom stereocenters. The zero-order valence-electron chi connectivity index (χ0n) is 27.0. The number of carbonyl (C=O) groups excluding carboxylic acids is 2. The van der Waals surface area contributed by atoms with Crippen LogP contribution in [0.1, 0.15) is 44.9 Å². The van der Waals surface area contributed by atoms with E-state index in [0.29, 0.717) is 54.3 Å². The van der Waals surface area contributed by atoms with Crippen molar-refractivity contribution >= 4 is 59.0 Å². The van der Waals surface area contributed by atoms with Crippen LogP contribution in [0.4, 0.5) is 11.4 Å². The zero-order valence-corrected chi connectivity index (χ0v) is 28.7. The molecule has 2 amide bonds. The minimum absolute atomic E-state index is 0. The third-order valence-corrected chi connectivity index (χ3v) is 8.43. The third kappa shape index (κ3) is 7.57. The van der Waals surface area contributed by atoms with Crippen molar-refractivity contribution in [1.82, 2.24) is 14.5 Å². The minimum Gasteiger partial charge on any atom is -0.494 e. The maximum atomic E-state index is 13.1. The van der Waals surface area contributed by atoms with Crippen LogP contribution in [0.2, 0.25) is 0 Å². The fourth-order valence-corrected chi connectivity index (χ4v) is 5.73. The number of aromatic nitrogens is 2. The van der Waals surface area contributed by atoms with Gasteiger partial charge in [0.25, 0.3) is 5.56 Å². The van der Waals surface area contributed by atoms with Gasteiger partial charge >= 0.3 is 0 Å². The van der Waals surface area contributed by atoms with Crippen LogP contribution in [0, 0.1) is 12.3 Å². The summed E-state index contributed by atoms with van der Waals surface area (Å²) in [7, 11) is 1.71. The number of hydrogen-bond acceptors (Lipinski definition) is 7. The van der Waals surface area contributed by atoms with Crippen molar-refractivity contribution in [3.63, 3.8) is 0 Å². The maximum absolute atomic E-state index is 13.1. The number of pyridine rings is 2. The standard InChI is InChI=1S/C34H41N5O5.2ClH/c1-6-39-28-12-11-26(22-29(28)36(5)32(41)34(3,4)33(39)42)43-20-8-7-16-37(23-25-10-9-15-35-24(25)2)18-19-38-17-13-30-27(31(38)40)14-21-44-30;;/h9-15,17,21-22H,6-8,16,18-20,23H2,1-5H3;2*1H. The molecule has 4 heterocycles. The van der Waals surface area contributed by atoms with Gasteiger partial charge in [-0.1, -0.05) is 6.07 Å². The fraction of sp³-hybridized carbons (Fsp3) is 0.412. The summed E-state index contributed by atoms with van der Waals surface area (Å²) in [6.07, 6.45) is 6.85. The van der Waals surface area contributed by atoms with E-state index >= 15 is 0 Å². The number of furan rings is 1. The average molecular weight is 673 g/mol. The predicted octanol–water partition coefficient (Wildman–Crippen LogP) is 5.86. The topological polar surface area (TPSA) is 101 Å². The van der Waals surface area contributed by atoms with Crippen molar-refractivity contribution in [3.05, 3.63) is 82.7 Å². The predicted molar refractivity (Wildman–Crippen MR) is 186 cm³/mol. The number of hydrogen-bond donors (Lipinski definition) is 0. The number of nitrogens with zero attached hydrogens (tertiary/aromatic N) is 5. The second kappa shape index (κ2) is 15.6. The molecule has 0 unspecified atom stereocenters. The Bertz CT molecular complexity index is 1720. The summed E-state index contributed by atoms with van der Waals surface area (Å²) in [6.45, 7) is 11.1. The first-order valence-corrected chi connectivity index (χ1v) is 15.2. The van der Waals surface area contributed by atoms with E-state index < -0.39 is 5.41 Å². The van der Waals surface area contributed by atoms with Gasteiger partial charge in [0.15, 0.2) is 0 Å². The second-order valence-corrected chi connectivity index (χ2v) is 11.8. The lowest BCUT2D eigenvalue weighted by molar-refractivity contribution is -0.137. The number of benzene rings is 1. The summed E-state index contributed by atoms with van der Waals surface area (Å²) in [5, 5.41) is 0.588. The fourth-order valence-electron chi connectivity index (χ4n) is 5.73. The minimum atomic E-state index is -1.15. The summed E-state index contributed by atoms with van der Waals surface area (Å²) in [5.41, 5.74) is 2.93. The molecular weight excluding hydrogens is 629 g/mol. The molecule has 0 saturated heterocycles. The van der Waals surface area contributed by atoms with Crippen molar-refractivity contribution in [2.75, 3.05) is 43.1 Å². The Labute approximate surface area is 282 Å². The normalized spacial score (nSPS) is 14.1. The van der Waals surface area contributed by atoms with Crippen molar-refractivity contribution in [1.29, 1.82) is 0 Å². The van der Waals surface area contributed by atoms with Crippen LogP contribution < -0.4 is 20.1 Å². The highest BCUT2D eigenvalue weighted by molar-refractivity contribution is 6.20. The van der Waals surface area contributed by atoms with Gasteiger partial charge in [-0.3, -0.25) is 24.3 Å². The highest BCUT2D eigenvalue weighted by Gasteiger charge is 2.45. The molecule has 0 saturated carbocycles. The van der Waals surface area contributed by atoms with Crippen LogP contribution >= 0.6 is 24.8 Å². The van der Waals surface area contributed by atoms with Crippen LogP contribution in [0.25, 0.3) is 11.0 Å². The van der Waals surface area contributed by atoms with E-state index in [9.17, 15) is 14.4 Å². The smallest absolute Gasteiger partial charge is 0.261 e. The van der Waals surface area contributed by atoms with Gasteiger partial charge in [-0.2, -0.15) is 0 Å². The molecule has 0 bridgehead atoms. The van der Waals surface area contributed by atoms with Crippen LogP contribution in [0.3, 0.4) is 0 Å². The first kappa shape index (κ1) is 36.6. The largest absolute Gasteiger partial charge is 0.494 e. The van der Waals surface area contributed by atoms with Gasteiger partial charge in [-0.05, 0) is 83.0 Å². The van der Waals surface area contributed by atoms with Gasteiger partial charge in [0.05, 0.1) is 29.6 Å². The van der Waals surface area contributed by atoms with E-state index in [-0.39, 0.29) is 42.2 Å². The summed E-state index contributed by atoms with van der Waals surface area (Å²) >= 11 is 0. The summed E-state index contributed by atoms with van der Waals surface area (Å²) in [4.78, 5) is 49.2. The number of rotatable bonds is 12. The van der Waals surface area contributed by atoms with E-state index in [1.54, 1.807) is 60.0 Å². The molecule has 248 valence electrons. The maximum Gasteiger partial charge on any atom is 0.261 e. The highest BCUT2D eigenvalue weighted by Crippen LogP contribution is 2.40. The van der Waals surface area contributed by atoms with Gasteiger partial charge in [0, 0.05) is 57.4 Å². The molecule has 1 aliphatic rings. The first-order valence-electron chi connectivity index (χ1n) is 15.2. The van der Waals surface area contributed by atoms with Crippen molar-refractivity contribution in [3.8, 4) is 5.75 Å². The van der Waals surface area contributed by atoms with Gasteiger partial charge in [0.2, 0.25) is 11.8 Å². The Morgan fingerprint density at radius 3 is 2.50 bits per heavy atom. The van der Waals surface area contributed by atoms with E-state index in [2.05, 4.69) is 16.0 Å². The molecule has 0 spiro atoms. The Morgan fingerprint density at radius 1 is 0.978 bits per heavy atom. The van der Waals surface area contributed by atoms with E-state index in [1.165, 1.54) is 0 Å². The average Bonchev–Trinajstić information content (AvgIpc) is 3.49. The summed E-state index contributed by atoms with van der Waals surface area (Å²) in [6, 6.07) is 13.2. The molecule has 0 N–H and O–H groups in total. The zero-order chi connectivity index (χ0) is 31.4. The van der Waals surface area contributed by atoms with E-state index in [1.807, 2.05) is 44.2 Å². The summed E-state index contributed by atoms with van der Waals surface area (Å²) < 4.78 is 13.2. The van der Waals surface area contributed by atoms with E-state index in [0.717, 1.165) is 37.2 Å². The number of halogens is 2. The Balaban J connectivity index is 0.00000288. The lowest BCUT2D eigenvalue weighted by Gasteiger charge is -2.27. The van der Waals surface area contributed by atoms with Gasteiger partial charge in [-0.15, -0.1) is 24.8 Å². The number of amides is 2. The lowest BCUT2D eigenvalue weighted by Crippen LogP contribution is -2.47. The molecule has 46 heavy (non-hydrogen) atoms. The molecule has 10 nitrogen and oxygen atoms in total. The van der Waals surface area contributed by atoms with Crippen LogP contribution in [-0.4, -0.2) is 59.6 Å². The molecule has 0 radical (unpaired) electrons. The molecule has 0 aliphatic carbocycles. The Morgan fingerprint density at radius 2 is 1.76 bits per heavy atom. The van der Waals surface area contributed by atoms with Crippen LogP contribution in [0.15, 0.2) is 70.3 Å². The van der Waals surface area contributed by atoms with Crippen LogP contribution in [0.5, 0.6) is 5.75 Å². The number of fused-ring (bicyclic) bond motifs is 2. The molecule has 4 aromatic rings. The van der Waals surface area contributed by atoms with Gasteiger partial charge in [-0.25, -0.2) is 0 Å². The quantitative estimate of drug-likeness (QED) is 0.137. The van der Waals surface area contributed by atoms with Crippen molar-refractivity contribution < 1.29 is 18.7 Å². The van der Waals surface area contributed by atoms with Crippen LogP contribution in [-0.2, 0) is 22.7 Å². The lowest BCUT2D eigenvalue weighted by atomic mass is 9.90. The number of ether oxygens (including phenoxy) is 1. The molecule has 1 aromatic carbocycles. The van der Waals surface area contributed by atoms with Gasteiger partial charge in [0.1, 0.15) is 16.7 Å². The van der Waals surface area contributed by atoms with E-state index in [4.69, 9.17) is 9.15 Å². The number of carbonyl (C=O) groups is 2. The summed E-state index contributed by atoms with van der Waals surface area (Å²) in [5.74, 6) is 0.207. The molecular formula is C34H43Cl2N5O5. The number of anilines is 2. The molecule has 1 aliphatic heterocycles. The first-order chi connectivity index (χ1) is 21.1. The van der Waals surface area contributed by atoms with Crippen molar-refractivity contribution in [2.45, 2.75) is 53.6 Å². The van der Waals surface area contributed by atoms with Gasteiger partial charge < -0.3 is 23.5 Å². The molecule has 5 rings (SSSR count). The number of unbranched alkanes of at least 4 members (excludes halogenated alkanes) is 1. The molecule has 0 fully saturated rings. The second-order valence-electron chi connectivity index (χ2n) is 11.8. The third-order valence-electron chi connectivity index (χ3n) is 8.43. The SMILES string of the molecule is CCN1C(=O)C(C)(C)C(=O)N(C)c2cc(OCCCCN(CCn3ccc4occc4c3=O)Cc3cccnc3C)ccc21.Cl.Cl. The Hall–Kier alpha value is -3.86.